The summed E-state index contributed by atoms with van der Waals surface area (Å²) in [5.41, 5.74) is -1.02. The van der Waals surface area contributed by atoms with Crippen molar-refractivity contribution >= 4 is 45.2 Å². The standard InChI is InChI=1S/C17H20N4O3S2/c1-10(2)17(4,8-18)21-14(23)11(3)24-13(22)7-26-16-12-5-6-25-15(12)19-9-20-16/h5-6,9-11H,7H2,1-4H3,(H,21,23)/t11-,17-/m0/s1. The lowest BCUT2D eigenvalue weighted by Crippen LogP contribution is -2.52. The van der Waals surface area contributed by atoms with Gasteiger partial charge in [-0.15, -0.1) is 11.3 Å². The number of thioether (sulfide) groups is 1. The number of rotatable bonds is 7. The van der Waals surface area contributed by atoms with Gasteiger partial charge < -0.3 is 10.1 Å². The first-order valence-electron chi connectivity index (χ1n) is 8.00. The number of amides is 1. The van der Waals surface area contributed by atoms with E-state index in [1.807, 2.05) is 25.3 Å². The molecule has 0 radical (unpaired) electrons. The van der Waals surface area contributed by atoms with Crippen molar-refractivity contribution in [1.82, 2.24) is 15.3 Å². The molecule has 0 aliphatic carbocycles. The molecule has 0 bridgehead atoms. The van der Waals surface area contributed by atoms with Crippen LogP contribution in [0.15, 0.2) is 22.8 Å². The molecule has 26 heavy (non-hydrogen) atoms. The molecule has 9 heteroatoms. The van der Waals surface area contributed by atoms with Crippen LogP contribution in [-0.2, 0) is 14.3 Å². The smallest absolute Gasteiger partial charge is 0.317 e. The van der Waals surface area contributed by atoms with E-state index in [0.29, 0.717) is 5.03 Å². The number of thiophene rings is 1. The number of esters is 1. The van der Waals surface area contributed by atoms with Crippen LogP contribution in [0, 0.1) is 17.2 Å². The lowest BCUT2D eigenvalue weighted by Gasteiger charge is -2.28. The van der Waals surface area contributed by atoms with E-state index in [1.165, 1.54) is 36.3 Å². The summed E-state index contributed by atoms with van der Waals surface area (Å²) in [5, 5.41) is 15.4. The van der Waals surface area contributed by atoms with Crippen LogP contribution in [-0.4, -0.2) is 39.2 Å². The number of carbonyl (C=O) groups is 2. The molecule has 1 N–H and O–H groups in total. The minimum atomic E-state index is -1.02. The second kappa shape index (κ2) is 8.47. The van der Waals surface area contributed by atoms with E-state index in [2.05, 4.69) is 21.4 Å². The molecule has 0 aliphatic heterocycles. The fourth-order valence-electron chi connectivity index (χ4n) is 1.95. The molecule has 0 unspecified atom stereocenters. The Morgan fingerprint density at radius 1 is 1.42 bits per heavy atom. The summed E-state index contributed by atoms with van der Waals surface area (Å²) in [4.78, 5) is 33.4. The van der Waals surface area contributed by atoms with Gasteiger partial charge in [-0.2, -0.15) is 5.26 Å². The summed E-state index contributed by atoms with van der Waals surface area (Å²) in [6, 6.07) is 3.99. The fraction of sp³-hybridized carbons (Fsp3) is 0.471. The number of fused-ring (bicyclic) bond motifs is 1. The van der Waals surface area contributed by atoms with Gasteiger partial charge in [-0.3, -0.25) is 9.59 Å². The molecule has 2 aromatic rings. The molecule has 0 saturated heterocycles. The molecule has 2 aromatic heterocycles. The number of ether oxygens (including phenoxy) is 1. The molecule has 2 atom stereocenters. The first-order valence-corrected chi connectivity index (χ1v) is 9.87. The zero-order valence-corrected chi connectivity index (χ0v) is 16.6. The average Bonchev–Trinajstić information content (AvgIpc) is 3.08. The Labute approximate surface area is 160 Å². The highest BCUT2D eigenvalue weighted by Crippen LogP contribution is 2.27. The van der Waals surface area contributed by atoms with E-state index >= 15 is 0 Å². The Bertz CT molecular complexity index is 846. The molecular formula is C17H20N4O3S2. The van der Waals surface area contributed by atoms with Crippen molar-refractivity contribution in [3.05, 3.63) is 17.8 Å². The van der Waals surface area contributed by atoms with Gasteiger partial charge in [0.2, 0.25) is 0 Å². The van der Waals surface area contributed by atoms with E-state index in [9.17, 15) is 14.9 Å². The van der Waals surface area contributed by atoms with E-state index in [1.54, 1.807) is 6.92 Å². The molecule has 0 aromatic carbocycles. The molecule has 0 aliphatic rings. The van der Waals surface area contributed by atoms with Crippen molar-refractivity contribution in [3.8, 4) is 6.07 Å². The predicted molar refractivity (Wildman–Crippen MR) is 101 cm³/mol. The Morgan fingerprint density at radius 3 is 2.81 bits per heavy atom. The van der Waals surface area contributed by atoms with Crippen LogP contribution in [0.2, 0.25) is 0 Å². The van der Waals surface area contributed by atoms with Crippen molar-refractivity contribution in [3.63, 3.8) is 0 Å². The normalized spacial score (nSPS) is 14.5. The number of hydrogen-bond acceptors (Lipinski definition) is 8. The highest BCUT2D eigenvalue weighted by molar-refractivity contribution is 8.00. The number of nitriles is 1. The first kappa shape index (κ1) is 20.1. The van der Waals surface area contributed by atoms with Crippen molar-refractivity contribution in [2.24, 2.45) is 5.92 Å². The van der Waals surface area contributed by atoms with Gasteiger partial charge in [-0.25, -0.2) is 9.97 Å². The number of carbonyl (C=O) groups excluding carboxylic acids is 2. The lowest BCUT2D eigenvalue weighted by molar-refractivity contribution is -0.152. The average molecular weight is 393 g/mol. The predicted octanol–water partition coefficient (Wildman–Crippen LogP) is 2.77. The van der Waals surface area contributed by atoms with E-state index in [0.717, 1.165) is 10.2 Å². The maximum Gasteiger partial charge on any atom is 0.317 e. The van der Waals surface area contributed by atoms with Crippen LogP contribution < -0.4 is 5.32 Å². The summed E-state index contributed by atoms with van der Waals surface area (Å²) < 4.78 is 5.18. The summed E-state index contributed by atoms with van der Waals surface area (Å²) in [7, 11) is 0. The highest BCUT2D eigenvalue weighted by Gasteiger charge is 2.32. The van der Waals surface area contributed by atoms with Crippen molar-refractivity contribution in [2.75, 3.05) is 5.75 Å². The van der Waals surface area contributed by atoms with Crippen LogP contribution in [0.25, 0.3) is 10.2 Å². The Balaban J connectivity index is 1.90. The van der Waals surface area contributed by atoms with E-state index in [-0.39, 0.29) is 11.7 Å². The van der Waals surface area contributed by atoms with Gasteiger partial charge >= 0.3 is 5.97 Å². The Kier molecular flexibility index (Phi) is 6.56. The molecule has 2 heterocycles. The number of nitrogens with one attached hydrogen (secondary N) is 1. The zero-order chi connectivity index (χ0) is 19.3. The maximum absolute atomic E-state index is 12.2. The van der Waals surface area contributed by atoms with Gasteiger partial charge in [0.25, 0.3) is 5.91 Å². The molecular weight excluding hydrogens is 372 g/mol. The Morgan fingerprint density at radius 2 is 2.15 bits per heavy atom. The second-order valence-electron chi connectivity index (χ2n) is 6.20. The third-order valence-electron chi connectivity index (χ3n) is 4.00. The molecule has 7 nitrogen and oxygen atoms in total. The van der Waals surface area contributed by atoms with Gasteiger partial charge in [-0.1, -0.05) is 25.6 Å². The Hall–Kier alpha value is -2.18. The van der Waals surface area contributed by atoms with Crippen molar-refractivity contribution in [1.29, 1.82) is 5.26 Å². The molecule has 0 spiro atoms. The molecule has 138 valence electrons. The van der Waals surface area contributed by atoms with Crippen molar-refractivity contribution in [2.45, 2.75) is 44.4 Å². The minimum absolute atomic E-state index is 0.0271. The van der Waals surface area contributed by atoms with Crippen LogP contribution in [0.5, 0.6) is 0 Å². The van der Waals surface area contributed by atoms with Gasteiger partial charge in [0.1, 0.15) is 21.7 Å². The molecule has 1 amide bonds. The van der Waals surface area contributed by atoms with Crippen LogP contribution in [0.4, 0.5) is 0 Å². The lowest BCUT2D eigenvalue weighted by atomic mass is 9.90. The zero-order valence-electron chi connectivity index (χ0n) is 15.0. The number of hydrogen-bond donors (Lipinski definition) is 1. The second-order valence-corrected chi connectivity index (χ2v) is 8.06. The monoisotopic (exact) mass is 392 g/mol. The third kappa shape index (κ3) is 4.71. The van der Waals surface area contributed by atoms with Gasteiger partial charge in [0.05, 0.1) is 11.8 Å². The number of nitrogens with zero attached hydrogens (tertiary/aromatic N) is 3. The quantitative estimate of drug-likeness (QED) is 0.439. The first-order chi connectivity index (χ1) is 12.3. The molecule has 0 saturated carbocycles. The number of aromatic nitrogens is 2. The van der Waals surface area contributed by atoms with Crippen molar-refractivity contribution < 1.29 is 14.3 Å². The van der Waals surface area contributed by atoms with Crippen LogP contribution >= 0.6 is 23.1 Å². The summed E-state index contributed by atoms with van der Waals surface area (Å²) in [5.74, 6) is -1.08. The van der Waals surface area contributed by atoms with Gasteiger partial charge in [0.15, 0.2) is 6.10 Å². The van der Waals surface area contributed by atoms with Crippen LogP contribution in [0.1, 0.15) is 27.7 Å². The molecule has 2 rings (SSSR count). The largest absolute Gasteiger partial charge is 0.452 e. The molecule has 0 fully saturated rings. The highest BCUT2D eigenvalue weighted by atomic mass is 32.2. The minimum Gasteiger partial charge on any atom is -0.452 e. The summed E-state index contributed by atoms with van der Waals surface area (Å²) >= 11 is 2.74. The van der Waals surface area contributed by atoms with Gasteiger partial charge in [0, 0.05) is 5.39 Å². The SMILES string of the molecule is CC(C)[C@](C)(C#N)NC(=O)[C@H](C)OC(=O)CSc1ncnc2sccc12. The summed E-state index contributed by atoms with van der Waals surface area (Å²) in [6.45, 7) is 6.80. The van der Waals surface area contributed by atoms with Crippen LogP contribution in [0.3, 0.4) is 0 Å². The maximum atomic E-state index is 12.2. The fourth-order valence-corrected chi connectivity index (χ4v) is 3.52. The summed E-state index contributed by atoms with van der Waals surface area (Å²) in [6.07, 6.45) is 0.470. The topological polar surface area (TPSA) is 105 Å². The van der Waals surface area contributed by atoms with E-state index in [4.69, 9.17) is 4.74 Å². The van der Waals surface area contributed by atoms with Gasteiger partial charge in [-0.05, 0) is 31.2 Å². The van der Waals surface area contributed by atoms with E-state index < -0.39 is 23.5 Å². The third-order valence-corrected chi connectivity index (χ3v) is 5.80.